The highest BCUT2D eigenvalue weighted by atomic mass is 35.5. The van der Waals surface area contributed by atoms with Crippen LogP contribution in [0.4, 0.5) is 10.3 Å². The minimum atomic E-state index is -5.81. The van der Waals surface area contributed by atoms with Gasteiger partial charge in [0.25, 0.3) is 5.56 Å². The lowest BCUT2D eigenvalue weighted by Crippen LogP contribution is -2.46. The number of halogens is 2. The third-order valence-electron chi connectivity index (χ3n) is 4.59. The topological polar surface area (TPSA) is 279 Å². The number of ether oxygens (including phenoxy) is 1. The molecule has 0 spiro atoms. The van der Waals surface area contributed by atoms with Crippen molar-refractivity contribution in [3.63, 3.8) is 0 Å². The fraction of sp³-hybridized carbons (Fsp3) is 0.583. The Morgan fingerprint density at radius 2 is 1.94 bits per heavy atom. The second-order valence-corrected chi connectivity index (χ2v) is 12.2. The highest BCUT2D eigenvalue weighted by Crippen LogP contribution is 2.66. The van der Waals surface area contributed by atoms with Crippen LogP contribution in [0.25, 0.3) is 11.2 Å². The summed E-state index contributed by atoms with van der Waals surface area (Å²) < 4.78 is 66.7. The van der Waals surface area contributed by atoms with E-state index in [-0.39, 0.29) is 17.1 Å². The average Bonchev–Trinajstić information content (AvgIpc) is 3.18. The third-order valence-corrected chi connectivity index (χ3v) is 9.02. The molecule has 0 bridgehead atoms. The maximum Gasteiger partial charge on any atom is 0.490 e. The van der Waals surface area contributed by atoms with Crippen LogP contribution in [-0.4, -0.2) is 74.1 Å². The van der Waals surface area contributed by atoms with Crippen LogP contribution in [0.5, 0.6) is 0 Å². The maximum atomic E-state index is 14.0. The summed E-state index contributed by atoms with van der Waals surface area (Å²) in [4.78, 5) is 55.7. The van der Waals surface area contributed by atoms with Gasteiger partial charge in [0.1, 0.15) is 23.8 Å². The number of aliphatic hydroxyl groups is 1. The van der Waals surface area contributed by atoms with E-state index in [0.29, 0.717) is 0 Å². The van der Waals surface area contributed by atoms with Crippen LogP contribution in [0, 0.1) is 0 Å². The van der Waals surface area contributed by atoms with E-state index in [4.69, 9.17) is 31.9 Å². The highest BCUT2D eigenvalue weighted by Gasteiger charge is 2.59. The summed E-state index contributed by atoms with van der Waals surface area (Å²) in [5.41, 5.74) is 4.32. The van der Waals surface area contributed by atoms with E-state index in [1.807, 2.05) is 0 Å². The fourth-order valence-corrected chi connectivity index (χ4v) is 6.73. The minimum Gasteiger partial charge on any atom is -0.388 e. The first kappa shape index (κ1) is 28.3. The van der Waals surface area contributed by atoms with E-state index in [9.17, 15) is 37.8 Å². The van der Waals surface area contributed by atoms with Crippen LogP contribution in [-0.2, 0) is 31.6 Å². The van der Waals surface area contributed by atoms with Crippen LogP contribution in [0.3, 0.4) is 0 Å². The number of anilines is 1. The number of alkyl halides is 2. The van der Waals surface area contributed by atoms with Crippen LogP contribution < -0.4 is 11.3 Å². The van der Waals surface area contributed by atoms with Gasteiger partial charge in [-0.3, -0.25) is 18.9 Å². The number of aliphatic hydroxyl groups excluding tert-OH is 1. The minimum absolute atomic E-state index is 0.205. The van der Waals surface area contributed by atoms with Gasteiger partial charge in [-0.05, 0) is 6.92 Å². The van der Waals surface area contributed by atoms with Crippen molar-refractivity contribution in [2.75, 3.05) is 12.4 Å². The van der Waals surface area contributed by atoms with Gasteiger partial charge in [-0.25, -0.2) is 23.1 Å². The number of nitrogens with two attached hydrogens (primary N) is 1. The van der Waals surface area contributed by atoms with Crippen molar-refractivity contribution in [2.45, 2.75) is 36.3 Å². The number of aromatic amines is 1. The molecule has 7 atom stereocenters. The van der Waals surface area contributed by atoms with Gasteiger partial charge in [0, 0.05) is 0 Å². The summed E-state index contributed by atoms with van der Waals surface area (Å²) in [5, 5.41) is 10.6. The molecule has 18 nitrogen and oxygen atoms in total. The first-order chi connectivity index (χ1) is 15.9. The zero-order chi connectivity index (χ0) is 26.6. The first-order valence-corrected chi connectivity index (χ1v) is 13.9. The van der Waals surface area contributed by atoms with Gasteiger partial charge in [0.15, 0.2) is 17.4 Å². The smallest absolute Gasteiger partial charge is 0.388 e. The Morgan fingerprint density at radius 3 is 2.51 bits per heavy atom. The molecule has 0 amide bonds. The summed E-state index contributed by atoms with van der Waals surface area (Å²) in [7, 11) is -17.1. The normalized spacial score (nSPS) is 29.7. The monoisotopic (exact) mass is 587 g/mol. The molecule has 0 aromatic carbocycles. The summed E-state index contributed by atoms with van der Waals surface area (Å²) in [6.07, 6.45) is -6.07. The number of imidazole rings is 1. The molecule has 23 heteroatoms. The number of H-pyrrole nitrogens is 1. The van der Waals surface area contributed by atoms with Gasteiger partial charge in [-0.2, -0.15) is 13.6 Å². The predicted molar refractivity (Wildman–Crippen MR) is 111 cm³/mol. The van der Waals surface area contributed by atoms with Crippen molar-refractivity contribution in [3.05, 3.63) is 16.7 Å². The van der Waals surface area contributed by atoms with Crippen molar-refractivity contribution in [3.8, 4) is 0 Å². The zero-order valence-corrected chi connectivity index (χ0v) is 20.6. The second kappa shape index (κ2) is 9.54. The molecule has 3 rings (SSSR count). The molecule has 198 valence electrons. The molecule has 0 aliphatic carbocycles. The summed E-state index contributed by atoms with van der Waals surface area (Å²) in [6.45, 7) is -0.450. The number of nitrogens with zero attached hydrogens (tertiary/aromatic N) is 3. The van der Waals surface area contributed by atoms with Gasteiger partial charge in [0.05, 0.1) is 12.4 Å². The predicted octanol–water partition coefficient (Wildman–Crippen LogP) is -0.361. The lowest BCUT2D eigenvalue weighted by molar-refractivity contribution is -0.0733. The van der Waals surface area contributed by atoms with E-state index < -0.39 is 65.1 Å². The fourth-order valence-electron chi connectivity index (χ4n) is 3.25. The largest absolute Gasteiger partial charge is 0.490 e. The summed E-state index contributed by atoms with van der Waals surface area (Å²) in [5.74, 6) is -0.333. The number of hydrogen-bond donors (Lipinski definition) is 7. The Hall–Kier alpha value is -1.30. The molecule has 1 fully saturated rings. The van der Waals surface area contributed by atoms with Crippen molar-refractivity contribution in [2.24, 2.45) is 0 Å². The number of nitrogen functional groups attached to an aromatic ring is 1. The molecular formula is C12H18ClFN5O13P3. The lowest BCUT2D eigenvalue weighted by atomic mass is 9.97. The van der Waals surface area contributed by atoms with Crippen LogP contribution in [0.1, 0.15) is 13.2 Å². The first-order valence-electron chi connectivity index (χ1n) is 9.02. The van der Waals surface area contributed by atoms with E-state index >= 15 is 0 Å². The summed E-state index contributed by atoms with van der Waals surface area (Å²) in [6, 6.07) is 0. The quantitative estimate of drug-likeness (QED) is 0.146. The lowest BCUT2D eigenvalue weighted by Gasteiger charge is -2.28. The van der Waals surface area contributed by atoms with Gasteiger partial charge >= 0.3 is 23.5 Å². The number of aromatic nitrogens is 4. The summed E-state index contributed by atoms with van der Waals surface area (Å²) >= 11 is 6.28. The van der Waals surface area contributed by atoms with E-state index in [1.165, 1.54) is 0 Å². The Kier molecular flexibility index (Phi) is 7.70. The van der Waals surface area contributed by atoms with Gasteiger partial charge in [0.2, 0.25) is 5.95 Å². The standard InChI is InChI=1S/C12H18ClFN5O13P3/c1-4(30-34(25,26)32-35(27,28)31-33(22,23)24)6-7(20)12(13,2-14)10(29-6)19-3-16-5-8(19)17-11(15)18-9(5)21/h3-4,6-7,10,20H,2H2,1H3,(H,25,26)(H,27,28)(H2,22,23,24)(H3,15,17,18,21)/t4-,6+,7-,10+,12?/m0/s1. The SMILES string of the molecule is C[C@H](OP(=O)(O)OP(=O)(O)OP(=O)(O)O)[C@H]1O[C@@H](n2cnc3c(=O)[nH]c(N)nc32)C(Cl)(CF)[C@H]1O. The zero-order valence-electron chi connectivity index (χ0n) is 17.1. The number of phosphoric ester groups is 1. The molecule has 3 unspecified atom stereocenters. The second-order valence-electron chi connectivity index (χ2n) is 7.14. The third kappa shape index (κ3) is 5.99. The van der Waals surface area contributed by atoms with E-state index in [1.54, 1.807) is 0 Å². The van der Waals surface area contributed by atoms with Crippen molar-refractivity contribution >= 4 is 52.2 Å². The Balaban J connectivity index is 1.88. The number of phosphoric acid groups is 3. The average molecular weight is 588 g/mol. The van der Waals surface area contributed by atoms with Gasteiger partial charge in [-0.15, -0.1) is 11.6 Å². The Morgan fingerprint density at radius 1 is 1.31 bits per heavy atom. The number of rotatable bonds is 9. The van der Waals surface area contributed by atoms with E-state index in [2.05, 4.69) is 28.1 Å². The maximum absolute atomic E-state index is 14.0. The molecule has 3 heterocycles. The molecule has 0 radical (unpaired) electrons. The van der Waals surface area contributed by atoms with E-state index in [0.717, 1.165) is 17.8 Å². The molecule has 8 N–H and O–H groups in total. The number of fused-ring (bicyclic) bond motifs is 1. The van der Waals surface area contributed by atoms with Crippen LogP contribution >= 0.6 is 35.1 Å². The molecular weight excluding hydrogens is 570 g/mol. The molecule has 1 aliphatic rings. The number of hydrogen-bond acceptors (Lipinski definition) is 12. The van der Waals surface area contributed by atoms with Gasteiger partial charge < -0.3 is 35.2 Å². The van der Waals surface area contributed by atoms with Crippen molar-refractivity contribution < 1.29 is 60.6 Å². The molecule has 2 aromatic heterocycles. The molecule has 1 saturated heterocycles. The van der Waals surface area contributed by atoms with Crippen molar-refractivity contribution in [1.82, 2.24) is 19.5 Å². The van der Waals surface area contributed by atoms with Crippen molar-refractivity contribution in [1.29, 1.82) is 0 Å². The molecule has 2 aromatic rings. The van der Waals surface area contributed by atoms with Crippen LogP contribution in [0.15, 0.2) is 11.1 Å². The van der Waals surface area contributed by atoms with Gasteiger partial charge in [-0.1, -0.05) is 0 Å². The molecule has 35 heavy (non-hydrogen) atoms. The van der Waals surface area contributed by atoms with Crippen LogP contribution in [0.2, 0.25) is 0 Å². The molecule has 1 aliphatic heterocycles. The molecule has 0 saturated carbocycles. The Labute approximate surface area is 198 Å². The Bertz CT molecular complexity index is 1320. The number of nitrogens with one attached hydrogen (secondary N) is 1. The highest BCUT2D eigenvalue weighted by molar-refractivity contribution is 7.66.